The van der Waals surface area contributed by atoms with E-state index < -0.39 is 9.84 Å². The molecule has 0 amide bonds. The maximum Gasteiger partial charge on any atom is 0.188 e. The largest absolute Gasteiger partial charge is 0.507 e. The lowest BCUT2D eigenvalue weighted by molar-refractivity contribution is 0.348. The van der Waals surface area contributed by atoms with Gasteiger partial charge in [0.05, 0.1) is 5.75 Å². The van der Waals surface area contributed by atoms with E-state index in [1.54, 1.807) is 12.1 Å². The summed E-state index contributed by atoms with van der Waals surface area (Å²) >= 11 is 0. The molecule has 27 heavy (non-hydrogen) atoms. The second-order valence-corrected chi connectivity index (χ2v) is 11.7. The van der Waals surface area contributed by atoms with Crippen LogP contribution in [0.5, 0.6) is 5.75 Å². The minimum absolute atomic E-state index is 0.0444. The summed E-state index contributed by atoms with van der Waals surface area (Å²) in [6, 6.07) is 5.47. The molecule has 0 heterocycles. The molecule has 1 fully saturated rings. The van der Waals surface area contributed by atoms with Crippen molar-refractivity contribution < 1.29 is 13.5 Å². The van der Waals surface area contributed by atoms with Crippen molar-refractivity contribution in [2.75, 3.05) is 5.75 Å². The molecule has 0 spiro atoms. The second kappa shape index (κ2) is 7.31. The highest BCUT2D eigenvalue weighted by Gasteiger charge is 2.29. The van der Waals surface area contributed by atoms with Crippen molar-refractivity contribution in [2.24, 2.45) is 5.92 Å². The smallest absolute Gasteiger partial charge is 0.188 e. The van der Waals surface area contributed by atoms with Crippen LogP contribution in [-0.2, 0) is 20.7 Å². The van der Waals surface area contributed by atoms with E-state index in [1.165, 1.54) is 6.08 Å². The molecule has 2 rings (SSSR count). The molecule has 1 saturated carbocycles. The van der Waals surface area contributed by atoms with Gasteiger partial charge in [-0.25, -0.2) is 8.42 Å². The van der Waals surface area contributed by atoms with Gasteiger partial charge in [-0.3, -0.25) is 0 Å². The molecule has 0 aliphatic heterocycles. The van der Waals surface area contributed by atoms with Gasteiger partial charge < -0.3 is 5.11 Å². The molecule has 1 aliphatic carbocycles. The third-order valence-corrected chi connectivity index (χ3v) is 6.96. The van der Waals surface area contributed by atoms with E-state index in [2.05, 4.69) is 0 Å². The highest BCUT2D eigenvalue weighted by Crippen LogP contribution is 2.40. The van der Waals surface area contributed by atoms with Gasteiger partial charge in [-0.1, -0.05) is 48.0 Å². The van der Waals surface area contributed by atoms with Crippen molar-refractivity contribution in [1.29, 1.82) is 5.26 Å². The SMILES string of the molecule is CC(C)(C)c1cc(/C=C(/C#N)S(=O)(=O)CC2CCC2)cc(C(C)(C)C)c1O. The molecular weight excluding hydrogens is 358 g/mol. The molecule has 1 aliphatic rings. The molecule has 148 valence electrons. The molecule has 1 aromatic rings. The van der Waals surface area contributed by atoms with Crippen LogP contribution < -0.4 is 0 Å². The average molecular weight is 390 g/mol. The lowest BCUT2D eigenvalue weighted by Gasteiger charge is -2.28. The van der Waals surface area contributed by atoms with Crippen molar-refractivity contribution in [2.45, 2.75) is 71.6 Å². The number of benzene rings is 1. The lowest BCUT2D eigenvalue weighted by atomic mass is 9.78. The Labute approximate surface area is 163 Å². The van der Waals surface area contributed by atoms with Crippen LogP contribution >= 0.6 is 0 Å². The first kappa shape index (κ1) is 21.5. The van der Waals surface area contributed by atoms with Gasteiger partial charge in [0.25, 0.3) is 0 Å². The number of nitriles is 1. The van der Waals surface area contributed by atoms with E-state index in [0.29, 0.717) is 5.56 Å². The molecule has 0 saturated heterocycles. The monoisotopic (exact) mass is 389 g/mol. The van der Waals surface area contributed by atoms with Gasteiger partial charge >= 0.3 is 0 Å². The highest BCUT2D eigenvalue weighted by molar-refractivity contribution is 7.95. The van der Waals surface area contributed by atoms with Crippen molar-refractivity contribution in [3.05, 3.63) is 33.7 Å². The van der Waals surface area contributed by atoms with Gasteiger partial charge in [0, 0.05) is 11.1 Å². The summed E-state index contributed by atoms with van der Waals surface area (Å²) in [5.74, 6) is 0.452. The number of nitrogens with zero attached hydrogens (tertiary/aromatic N) is 1. The van der Waals surface area contributed by atoms with Crippen molar-refractivity contribution >= 4 is 15.9 Å². The number of hydrogen-bond donors (Lipinski definition) is 1. The van der Waals surface area contributed by atoms with Crippen LogP contribution in [0.15, 0.2) is 17.0 Å². The maximum absolute atomic E-state index is 12.7. The Kier molecular flexibility index (Phi) is 5.82. The molecule has 0 bridgehead atoms. The van der Waals surface area contributed by atoms with E-state index in [0.717, 1.165) is 30.4 Å². The number of rotatable bonds is 4. The van der Waals surface area contributed by atoms with Crippen molar-refractivity contribution in [3.8, 4) is 11.8 Å². The van der Waals surface area contributed by atoms with Crippen molar-refractivity contribution in [3.63, 3.8) is 0 Å². The van der Waals surface area contributed by atoms with E-state index in [1.807, 2.05) is 47.6 Å². The number of sulfone groups is 1. The molecule has 1 aromatic carbocycles. The van der Waals surface area contributed by atoms with Crippen LogP contribution in [-0.4, -0.2) is 19.3 Å². The van der Waals surface area contributed by atoms with Gasteiger partial charge in [-0.2, -0.15) is 5.26 Å². The molecule has 0 atom stereocenters. The van der Waals surface area contributed by atoms with Gasteiger partial charge in [0.2, 0.25) is 0 Å². The number of allylic oxidation sites excluding steroid dienone is 1. The van der Waals surface area contributed by atoms with Crippen LogP contribution in [0.3, 0.4) is 0 Å². The lowest BCUT2D eigenvalue weighted by Crippen LogP contribution is -2.22. The fraction of sp³-hybridized carbons (Fsp3) is 0.591. The molecule has 0 unspecified atom stereocenters. The third kappa shape index (κ3) is 4.93. The number of aromatic hydroxyl groups is 1. The summed E-state index contributed by atoms with van der Waals surface area (Å²) in [4.78, 5) is -0.195. The van der Waals surface area contributed by atoms with Gasteiger partial charge in [-0.15, -0.1) is 0 Å². The quantitative estimate of drug-likeness (QED) is 0.730. The van der Waals surface area contributed by atoms with Crippen LogP contribution in [0.25, 0.3) is 6.08 Å². The Bertz CT molecular complexity index is 852. The number of phenols is 1. The average Bonchev–Trinajstić information content (AvgIpc) is 2.47. The van der Waals surface area contributed by atoms with Crippen LogP contribution in [0.1, 0.15) is 77.5 Å². The minimum Gasteiger partial charge on any atom is -0.507 e. The summed E-state index contributed by atoms with van der Waals surface area (Å²) in [6.45, 7) is 12.0. The van der Waals surface area contributed by atoms with E-state index in [9.17, 15) is 18.8 Å². The maximum atomic E-state index is 12.7. The summed E-state index contributed by atoms with van der Waals surface area (Å²) in [7, 11) is -3.60. The molecular formula is C22H31NO3S. The first-order valence-electron chi connectivity index (χ1n) is 9.48. The summed E-state index contributed by atoms with van der Waals surface area (Å²) < 4.78 is 25.3. The van der Waals surface area contributed by atoms with Gasteiger partial charge in [0.1, 0.15) is 16.7 Å². The Morgan fingerprint density at radius 1 is 1.15 bits per heavy atom. The van der Waals surface area contributed by atoms with Crippen LogP contribution in [0, 0.1) is 17.2 Å². The van der Waals surface area contributed by atoms with Gasteiger partial charge in [0.15, 0.2) is 9.84 Å². The van der Waals surface area contributed by atoms with Crippen LogP contribution in [0.2, 0.25) is 0 Å². The first-order chi connectivity index (χ1) is 12.3. The predicted octanol–water partition coefficient (Wildman–Crippen LogP) is 5.07. The van der Waals surface area contributed by atoms with E-state index in [-0.39, 0.29) is 33.2 Å². The Morgan fingerprint density at radius 2 is 1.63 bits per heavy atom. The number of phenolic OH excluding ortho intramolecular Hbond substituents is 1. The molecule has 1 N–H and O–H groups in total. The van der Waals surface area contributed by atoms with E-state index >= 15 is 0 Å². The Hall–Kier alpha value is -1.80. The van der Waals surface area contributed by atoms with Gasteiger partial charge in [-0.05, 0) is 53.4 Å². The molecule has 0 aromatic heterocycles. The zero-order valence-corrected chi connectivity index (χ0v) is 18.1. The van der Waals surface area contributed by atoms with Crippen molar-refractivity contribution in [1.82, 2.24) is 0 Å². The zero-order valence-electron chi connectivity index (χ0n) is 17.3. The summed E-state index contributed by atoms with van der Waals surface area (Å²) in [6.07, 6.45) is 4.35. The molecule has 0 radical (unpaired) electrons. The normalized spacial score (nSPS) is 16.7. The Balaban J connectivity index is 2.59. The summed E-state index contributed by atoms with van der Waals surface area (Å²) in [5, 5.41) is 20.3. The minimum atomic E-state index is -3.60. The highest BCUT2D eigenvalue weighted by atomic mass is 32.2. The zero-order chi connectivity index (χ0) is 20.6. The predicted molar refractivity (Wildman–Crippen MR) is 110 cm³/mol. The standard InChI is InChI=1S/C22H31NO3S/c1-21(2,3)18-11-16(12-19(20(18)24)22(4,5)6)10-17(13-23)27(25,26)14-15-8-7-9-15/h10-12,15,24H,7-9,14H2,1-6H3/b17-10-. The second-order valence-electron chi connectivity index (χ2n) is 9.66. The third-order valence-electron chi connectivity index (χ3n) is 5.17. The van der Waals surface area contributed by atoms with Crippen LogP contribution in [0.4, 0.5) is 0 Å². The first-order valence-corrected chi connectivity index (χ1v) is 11.1. The number of hydrogen-bond acceptors (Lipinski definition) is 4. The van der Waals surface area contributed by atoms with E-state index in [4.69, 9.17) is 0 Å². The molecule has 5 heteroatoms. The fourth-order valence-corrected chi connectivity index (χ4v) is 4.87. The fourth-order valence-electron chi connectivity index (χ4n) is 3.29. The molecule has 4 nitrogen and oxygen atoms in total. The topological polar surface area (TPSA) is 78.2 Å². The summed E-state index contributed by atoms with van der Waals surface area (Å²) in [5.41, 5.74) is 1.50. The Morgan fingerprint density at radius 3 is 1.96 bits per heavy atom.